The van der Waals surface area contributed by atoms with Crippen molar-refractivity contribution in [1.82, 2.24) is 0 Å². The maximum atomic E-state index is 5.44. The number of ether oxygens (including phenoxy) is 2. The molecule has 0 aliphatic rings. The van der Waals surface area contributed by atoms with Crippen molar-refractivity contribution in [2.75, 3.05) is 52.6 Å². The second-order valence-electron chi connectivity index (χ2n) is 3.82. The zero-order valence-corrected chi connectivity index (χ0v) is 10.9. The molecule has 0 aromatic carbocycles. The van der Waals surface area contributed by atoms with Crippen molar-refractivity contribution in [2.24, 2.45) is 0 Å². The van der Waals surface area contributed by atoms with Crippen LogP contribution in [0, 0.1) is 0 Å². The number of rotatable bonds is 10. The summed E-state index contributed by atoms with van der Waals surface area (Å²) in [7, 11) is 0. The van der Waals surface area contributed by atoms with Crippen molar-refractivity contribution < 1.29 is 14.0 Å². The molecule has 0 heterocycles. The first-order valence-corrected chi connectivity index (χ1v) is 6.25. The minimum absolute atomic E-state index is 0.818. The lowest BCUT2D eigenvalue weighted by Crippen LogP contribution is -2.51. The van der Waals surface area contributed by atoms with E-state index in [-0.39, 0.29) is 0 Å². The van der Waals surface area contributed by atoms with Gasteiger partial charge in [0.2, 0.25) is 0 Å². The summed E-state index contributed by atoms with van der Waals surface area (Å²) in [4.78, 5) is 0. The third-order valence-corrected chi connectivity index (χ3v) is 3.17. The lowest BCUT2D eigenvalue weighted by Gasteiger charge is -2.36. The fraction of sp³-hybridized carbons (Fsp3) is 1.00. The Morgan fingerprint density at radius 2 is 1.13 bits per heavy atom. The molecule has 0 atom stereocenters. The van der Waals surface area contributed by atoms with E-state index in [0.29, 0.717) is 0 Å². The summed E-state index contributed by atoms with van der Waals surface area (Å²) in [6.45, 7) is 16.5. The van der Waals surface area contributed by atoms with Crippen LogP contribution in [0.1, 0.15) is 27.7 Å². The molecule has 0 aliphatic carbocycles. The molecule has 0 bridgehead atoms. The van der Waals surface area contributed by atoms with Gasteiger partial charge in [-0.05, 0) is 27.7 Å². The molecule has 92 valence electrons. The standard InChI is InChI=1S/C12H28NO2/c1-5-13(6-2,9-11-14-7-3)10-12-15-8-4/h5-12H2,1-4H3/q+1. The molecule has 3 nitrogen and oxygen atoms in total. The van der Waals surface area contributed by atoms with E-state index >= 15 is 0 Å². The van der Waals surface area contributed by atoms with E-state index in [0.717, 1.165) is 57.1 Å². The molecule has 0 amide bonds. The first-order chi connectivity index (χ1) is 7.24. The highest BCUT2D eigenvalue weighted by Gasteiger charge is 2.22. The van der Waals surface area contributed by atoms with Crippen LogP contribution in [0.2, 0.25) is 0 Å². The lowest BCUT2D eigenvalue weighted by molar-refractivity contribution is -0.925. The van der Waals surface area contributed by atoms with Crippen molar-refractivity contribution in [1.29, 1.82) is 0 Å². The quantitative estimate of drug-likeness (QED) is 0.412. The molecular formula is C12H28NO2+. The number of quaternary nitrogens is 1. The van der Waals surface area contributed by atoms with E-state index in [4.69, 9.17) is 9.47 Å². The zero-order valence-electron chi connectivity index (χ0n) is 10.9. The fourth-order valence-corrected chi connectivity index (χ4v) is 1.77. The zero-order chi connectivity index (χ0) is 11.6. The predicted molar refractivity (Wildman–Crippen MR) is 64.1 cm³/mol. The number of likely N-dealkylation sites (N-methyl/N-ethyl adjacent to an activating group) is 1. The van der Waals surface area contributed by atoms with E-state index < -0.39 is 0 Å². The van der Waals surface area contributed by atoms with Crippen molar-refractivity contribution in [3.05, 3.63) is 0 Å². The normalized spacial score (nSPS) is 12.0. The average molecular weight is 218 g/mol. The van der Waals surface area contributed by atoms with Crippen molar-refractivity contribution >= 4 is 0 Å². The second-order valence-corrected chi connectivity index (χ2v) is 3.82. The summed E-state index contributed by atoms with van der Waals surface area (Å²) in [5.41, 5.74) is 0. The van der Waals surface area contributed by atoms with Crippen LogP contribution in [0.25, 0.3) is 0 Å². The minimum atomic E-state index is 0.818. The van der Waals surface area contributed by atoms with Crippen LogP contribution in [0.15, 0.2) is 0 Å². The van der Waals surface area contributed by atoms with Crippen molar-refractivity contribution in [2.45, 2.75) is 27.7 Å². The Balaban J connectivity index is 3.93. The first-order valence-electron chi connectivity index (χ1n) is 6.25. The van der Waals surface area contributed by atoms with E-state index in [2.05, 4.69) is 13.8 Å². The van der Waals surface area contributed by atoms with Crippen LogP contribution < -0.4 is 0 Å². The van der Waals surface area contributed by atoms with Gasteiger partial charge in [0.25, 0.3) is 0 Å². The Kier molecular flexibility index (Phi) is 9.06. The second kappa shape index (κ2) is 9.13. The summed E-state index contributed by atoms with van der Waals surface area (Å²) in [6.07, 6.45) is 0. The summed E-state index contributed by atoms with van der Waals surface area (Å²) in [6, 6.07) is 0. The fourth-order valence-electron chi connectivity index (χ4n) is 1.77. The van der Waals surface area contributed by atoms with Crippen LogP contribution in [0.5, 0.6) is 0 Å². The van der Waals surface area contributed by atoms with Gasteiger partial charge in [0.15, 0.2) is 0 Å². The van der Waals surface area contributed by atoms with Crippen molar-refractivity contribution in [3.8, 4) is 0 Å². The molecular weight excluding hydrogens is 190 g/mol. The highest BCUT2D eigenvalue weighted by molar-refractivity contribution is 4.41. The molecule has 15 heavy (non-hydrogen) atoms. The predicted octanol–water partition coefficient (Wildman–Crippen LogP) is 1.92. The molecule has 0 fully saturated rings. The van der Waals surface area contributed by atoms with Crippen LogP contribution >= 0.6 is 0 Å². The van der Waals surface area contributed by atoms with Gasteiger partial charge in [-0.15, -0.1) is 0 Å². The van der Waals surface area contributed by atoms with Crippen LogP contribution in [0.4, 0.5) is 0 Å². The van der Waals surface area contributed by atoms with Gasteiger partial charge in [-0.1, -0.05) is 0 Å². The number of nitrogens with zero attached hydrogens (tertiary/aromatic N) is 1. The number of hydrogen-bond donors (Lipinski definition) is 0. The SMILES string of the molecule is CCOCC[N+](CC)(CC)CCOCC. The molecule has 0 spiro atoms. The van der Waals surface area contributed by atoms with E-state index in [1.165, 1.54) is 0 Å². The summed E-state index contributed by atoms with van der Waals surface area (Å²) < 4.78 is 12.0. The maximum Gasteiger partial charge on any atom is 0.102 e. The molecule has 0 aromatic heterocycles. The van der Waals surface area contributed by atoms with Gasteiger partial charge in [0.05, 0.1) is 26.3 Å². The van der Waals surface area contributed by atoms with Gasteiger partial charge in [-0.3, -0.25) is 0 Å². The van der Waals surface area contributed by atoms with Gasteiger partial charge in [-0.25, -0.2) is 0 Å². The van der Waals surface area contributed by atoms with E-state index in [1.807, 2.05) is 13.8 Å². The highest BCUT2D eigenvalue weighted by Crippen LogP contribution is 2.06. The van der Waals surface area contributed by atoms with Crippen LogP contribution in [-0.4, -0.2) is 57.1 Å². The Bertz CT molecular complexity index is 124. The molecule has 3 heteroatoms. The third-order valence-electron chi connectivity index (χ3n) is 3.17. The smallest absolute Gasteiger partial charge is 0.102 e. The van der Waals surface area contributed by atoms with Gasteiger partial charge >= 0.3 is 0 Å². The molecule has 0 rings (SSSR count). The van der Waals surface area contributed by atoms with Gasteiger partial charge in [0, 0.05) is 13.2 Å². The van der Waals surface area contributed by atoms with Gasteiger partial charge in [0.1, 0.15) is 13.1 Å². The molecule has 0 N–H and O–H groups in total. The summed E-state index contributed by atoms with van der Waals surface area (Å²) in [5, 5.41) is 0. The third kappa shape index (κ3) is 6.13. The van der Waals surface area contributed by atoms with Crippen molar-refractivity contribution in [3.63, 3.8) is 0 Å². The molecule has 0 unspecified atom stereocenters. The summed E-state index contributed by atoms with van der Waals surface area (Å²) >= 11 is 0. The van der Waals surface area contributed by atoms with Gasteiger partial charge < -0.3 is 14.0 Å². The van der Waals surface area contributed by atoms with Crippen LogP contribution in [-0.2, 0) is 9.47 Å². The topological polar surface area (TPSA) is 18.5 Å². The Morgan fingerprint density at radius 1 is 0.733 bits per heavy atom. The van der Waals surface area contributed by atoms with E-state index in [1.54, 1.807) is 0 Å². The molecule has 0 radical (unpaired) electrons. The molecule has 0 aliphatic heterocycles. The first kappa shape index (κ1) is 14.9. The van der Waals surface area contributed by atoms with E-state index in [9.17, 15) is 0 Å². The largest absolute Gasteiger partial charge is 0.376 e. The van der Waals surface area contributed by atoms with Crippen LogP contribution in [0.3, 0.4) is 0 Å². The Labute approximate surface area is 95.0 Å². The average Bonchev–Trinajstić information content (AvgIpc) is 2.28. The Morgan fingerprint density at radius 3 is 1.40 bits per heavy atom. The monoisotopic (exact) mass is 218 g/mol. The molecule has 0 aromatic rings. The lowest BCUT2D eigenvalue weighted by atomic mass is 10.3. The minimum Gasteiger partial charge on any atom is -0.376 e. The van der Waals surface area contributed by atoms with Gasteiger partial charge in [-0.2, -0.15) is 0 Å². The highest BCUT2D eigenvalue weighted by atomic mass is 16.5. The molecule has 0 saturated heterocycles. The summed E-state index contributed by atoms with van der Waals surface area (Å²) in [5.74, 6) is 0. The number of hydrogen-bond acceptors (Lipinski definition) is 2. The molecule has 0 saturated carbocycles. The Hall–Kier alpha value is -0.120. The maximum absolute atomic E-state index is 5.44.